The fourth-order valence-electron chi connectivity index (χ4n) is 3.50. The third-order valence-electron chi connectivity index (χ3n) is 5.11. The second-order valence-corrected chi connectivity index (χ2v) is 7.01. The van der Waals surface area contributed by atoms with Gasteiger partial charge in [-0.1, -0.05) is 24.3 Å². The van der Waals surface area contributed by atoms with Gasteiger partial charge < -0.3 is 20.1 Å². The van der Waals surface area contributed by atoms with Crippen LogP contribution in [-0.4, -0.2) is 32.3 Å². The Morgan fingerprint density at radius 2 is 1.23 bits per heavy atom. The van der Waals surface area contributed by atoms with Gasteiger partial charge in [0.2, 0.25) is 6.04 Å². The first-order chi connectivity index (χ1) is 14.8. The Balaban J connectivity index is 1.86. The quantitative estimate of drug-likeness (QED) is 0.590. The molecule has 0 bridgehead atoms. The molecule has 5 nitrogen and oxygen atoms in total. The second-order valence-electron chi connectivity index (χ2n) is 7.01. The van der Waals surface area contributed by atoms with Gasteiger partial charge in [-0.05, 0) is 58.7 Å². The zero-order chi connectivity index (χ0) is 22.2. The summed E-state index contributed by atoms with van der Waals surface area (Å²) >= 11 is 0. The number of carbonyl (C=O) groups excluding carboxylic acids is 1. The van der Waals surface area contributed by atoms with Crippen molar-refractivity contribution in [2.24, 2.45) is 0 Å². The number of nitrogens with one attached hydrogen (secondary N) is 2. The van der Waals surface area contributed by atoms with E-state index in [0.29, 0.717) is 17.1 Å². The number of halogens is 3. The number of alkyl halides is 3. The molecule has 0 aromatic heterocycles. The van der Waals surface area contributed by atoms with Crippen LogP contribution in [0.2, 0.25) is 0 Å². The van der Waals surface area contributed by atoms with Gasteiger partial charge in [-0.15, -0.1) is 0 Å². The number of methoxy groups -OCH3 is 2. The van der Waals surface area contributed by atoms with Gasteiger partial charge in [0, 0.05) is 0 Å². The van der Waals surface area contributed by atoms with Crippen molar-refractivity contribution in [3.05, 3.63) is 60.7 Å². The van der Waals surface area contributed by atoms with Crippen LogP contribution < -0.4 is 20.1 Å². The number of benzene rings is 3. The average molecular weight is 428 g/mol. The highest BCUT2D eigenvalue weighted by molar-refractivity contribution is 6.06. The maximum atomic E-state index is 13.3. The van der Waals surface area contributed by atoms with Crippen molar-refractivity contribution >= 4 is 17.3 Å². The highest BCUT2D eigenvalue weighted by Crippen LogP contribution is 2.42. The molecule has 0 saturated heterocycles. The van der Waals surface area contributed by atoms with Crippen LogP contribution in [-0.2, 0) is 4.79 Å². The van der Waals surface area contributed by atoms with Crippen LogP contribution in [0, 0.1) is 0 Å². The molecule has 8 heteroatoms. The molecule has 160 valence electrons. The lowest BCUT2D eigenvalue weighted by atomic mass is 9.92. The normalized spacial score (nSPS) is 15.5. The standard InChI is InChI=1S/C23H19F3N2O3/c1-30-15-7-3-13(4-8-15)17-11-19-20(28-22(29)21(27-19)23(24,25)26)12-18(17)14-5-9-16(31-2)10-6-14/h3-12,21,27H,1-2H3,(H,28,29)/t21-/m1/s1. The predicted octanol–water partition coefficient (Wildman–Crippen LogP) is 5.33. The molecule has 3 aromatic carbocycles. The van der Waals surface area contributed by atoms with Crippen LogP contribution >= 0.6 is 0 Å². The monoisotopic (exact) mass is 428 g/mol. The molecule has 1 aliphatic heterocycles. The fraction of sp³-hybridized carbons (Fsp3) is 0.174. The maximum absolute atomic E-state index is 13.3. The molecule has 1 heterocycles. The SMILES string of the molecule is COc1ccc(-c2cc3c(cc2-c2ccc(OC)cc2)N[C@@H](C(F)(F)F)C(=O)N3)cc1. The zero-order valence-corrected chi connectivity index (χ0v) is 16.7. The zero-order valence-electron chi connectivity index (χ0n) is 16.7. The third-order valence-corrected chi connectivity index (χ3v) is 5.11. The molecule has 0 unspecified atom stereocenters. The Kier molecular flexibility index (Phi) is 5.22. The van der Waals surface area contributed by atoms with E-state index in [1.54, 1.807) is 50.6 Å². The first-order valence-corrected chi connectivity index (χ1v) is 9.41. The highest BCUT2D eigenvalue weighted by Gasteiger charge is 2.47. The van der Waals surface area contributed by atoms with Gasteiger partial charge in [0.05, 0.1) is 25.6 Å². The van der Waals surface area contributed by atoms with Gasteiger partial charge >= 0.3 is 6.18 Å². The summed E-state index contributed by atoms with van der Waals surface area (Å²) in [5.74, 6) is 0.198. The number of hydrogen-bond acceptors (Lipinski definition) is 4. The summed E-state index contributed by atoms with van der Waals surface area (Å²) in [7, 11) is 3.12. The number of amides is 1. The van der Waals surface area contributed by atoms with Crippen LogP contribution in [0.1, 0.15) is 0 Å². The average Bonchev–Trinajstić information content (AvgIpc) is 2.77. The van der Waals surface area contributed by atoms with Crippen molar-refractivity contribution in [3.8, 4) is 33.8 Å². The first kappa shape index (κ1) is 20.6. The van der Waals surface area contributed by atoms with E-state index in [1.165, 1.54) is 0 Å². The lowest BCUT2D eigenvalue weighted by Gasteiger charge is -2.29. The van der Waals surface area contributed by atoms with E-state index >= 15 is 0 Å². The molecule has 3 aromatic rings. The van der Waals surface area contributed by atoms with Crippen molar-refractivity contribution in [2.45, 2.75) is 12.2 Å². The van der Waals surface area contributed by atoms with Crippen molar-refractivity contribution in [3.63, 3.8) is 0 Å². The van der Waals surface area contributed by atoms with E-state index in [2.05, 4.69) is 10.6 Å². The Morgan fingerprint density at radius 3 is 1.65 bits per heavy atom. The summed E-state index contributed by atoms with van der Waals surface area (Å²) in [6.45, 7) is 0. The Labute approximate surface area is 176 Å². The summed E-state index contributed by atoms with van der Waals surface area (Å²) in [5, 5.41) is 4.71. The van der Waals surface area contributed by atoms with E-state index < -0.39 is 18.1 Å². The van der Waals surface area contributed by atoms with Crippen molar-refractivity contribution < 1.29 is 27.4 Å². The Hall–Kier alpha value is -3.68. The number of ether oxygens (including phenoxy) is 2. The molecule has 2 N–H and O–H groups in total. The lowest BCUT2D eigenvalue weighted by molar-refractivity contribution is -0.156. The van der Waals surface area contributed by atoms with E-state index in [4.69, 9.17) is 9.47 Å². The van der Waals surface area contributed by atoms with Gasteiger partial charge in [-0.3, -0.25) is 4.79 Å². The summed E-state index contributed by atoms with van der Waals surface area (Å²) in [4.78, 5) is 12.0. The van der Waals surface area contributed by atoms with Gasteiger partial charge in [-0.25, -0.2) is 0 Å². The molecule has 0 spiro atoms. The maximum Gasteiger partial charge on any atom is 0.417 e. The molecular weight excluding hydrogens is 409 g/mol. The molecule has 31 heavy (non-hydrogen) atoms. The van der Waals surface area contributed by atoms with E-state index in [0.717, 1.165) is 16.7 Å². The fourth-order valence-corrected chi connectivity index (χ4v) is 3.50. The summed E-state index contributed by atoms with van der Waals surface area (Å²) < 4.78 is 50.2. The van der Waals surface area contributed by atoms with E-state index in [1.807, 2.05) is 24.3 Å². The largest absolute Gasteiger partial charge is 0.497 e. The number of anilines is 2. The van der Waals surface area contributed by atoms with Crippen molar-refractivity contribution in [1.82, 2.24) is 0 Å². The van der Waals surface area contributed by atoms with Crippen LogP contribution in [0.5, 0.6) is 11.5 Å². The number of fused-ring (bicyclic) bond motifs is 1. The Bertz CT molecular complexity index is 1110. The summed E-state index contributed by atoms with van der Waals surface area (Å²) in [6, 6.07) is 15.5. The third kappa shape index (κ3) is 4.01. The number of carbonyl (C=O) groups is 1. The molecule has 0 aliphatic carbocycles. The first-order valence-electron chi connectivity index (χ1n) is 9.41. The van der Waals surface area contributed by atoms with Crippen molar-refractivity contribution in [2.75, 3.05) is 24.9 Å². The summed E-state index contributed by atoms with van der Waals surface area (Å²) in [6.07, 6.45) is -4.71. The molecule has 1 aliphatic rings. The smallest absolute Gasteiger partial charge is 0.417 e. The number of rotatable bonds is 4. The molecule has 0 radical (unpaired) electrons. The van der Waals surface area contributed by atoms with Gasteiger partial charge in [-0.2, -0.15) is 13.2 Å². The molecule has 0 fully saturated rings. The molecular formula is C23H19F3N2O3. The van der Waals surface area contributed by atoms with Crippen LogP contribution in [0.3, 0.4) is 0 Å². The topological polar surface area (TPSA) is 59.6 Å². The molecule has 0 saturated carbocycles. The van der Waals surface area contributed by atoms with E-state index in [-0.39, 0.29) is 11.4 Å². The predicted molar refractivity (Wildman–Crippen MR) is 113 cm³/mol. The van der Waals surface area contributed by atoms with Gasteiger partial charge in [0.25, 0.3) is 5.91 Å². The van der Waals surface area contributed by atoms with Crippen molar-refractivity contribution in [1.29, 1.82) is 0 Å². The van der Waals surface area contributed by atoms with Gasteiger partial charge in [0.1, 0.15) is 11.5 Å². The lowest BCUT2D eigenvalue weighted by Crippen LogP contribution is -2.48. The minimum atomic E-state index is -4.71. The highest BCUT2D eigenvalue weighted by atomic mass is 19.4. The van der Waals surface area contributed by atoms with Gasteiger partial charge in [0.15, 0.2) is 0 Å². The summed E-state index contributed by atoms with van der Waals surface area (Å²) in [5.41, 5.74) is 3.55. The second kappa shape index (κ2) is 7.86. The van der Waals surface area contributed by atoms with Crippen LogP contribution in [0.15, 0.2) is 60.7 Å². The van der Waals surface area contributed by atoms with E-state index in [9.17, 15) is 18.0 Å². The Morgan fingerprint density at radius 1 is 0.774 bits per heavy atom. The molecule has 1 amide bonds. The van der Waals surface area contributed by atoms with Crippen LogP contribution in [0.25, 0.3) is 22.3 Å². The minimum Gasteiger partial charge on any atom is -0.497 e. The van der Waals surface area contributed by atoms with Crippen LogP contribution in [0.4, 0.5) is 24.5 Å². The minimum absolute atomic E-state index is 0.199. The number of hydrogen-bond donors (Lipinski definition) is 2. The molecule has 1 atom stereocenters. The molecule has 4 rings (SSSR count).